The van der Waals surface area contributed by atoms with Crippen LogP contribution in [0.2, 0.25) is 0 Å². The first kappa shape index (κ1) is 16.0. The number of H-pyrrole nitrogens is 1. The molecule has 0 fully saturated rings. The minimum absolute atomic E-state index is 0.000402. The van der Waals surface area contributed by atoms with Gasteiger partial charge in [0.05, 0.1) is 6.04 Å². The van der Waals surface area contributed by atoms with E-state index in [4.69, 9.17) is 0 Å². The Kier molecular flexibility index (Phi) is 3.93. The third-order valence-corrected chi connectivity index (χ3v) is 4.43. The van der Waals surface area contributed by atoms with Crippen LogP contribution in [0.1, 0.15) is 22.7 Å². The molecule has 0 aliphatic rings. The number of hydrogen-bond donors (Lipinski definition) is 4. The number of nitrogens with zero attached hydrogens (tertiary/aromatic N) is 2. The van der Waals surface area contributed by atoms with Gasteiger partial charge >= 0.3 is 0 Å². The molecule has 0 bridgehead atoms. The molecule has 0 aliphatic carbocycles. The number of fused-ring (bicyclic) bond motifs is 1. The number of rotatable bonds is 4. The number of nitrogens with one attached hydrogen (secondary N) is 2. The molecule has 0 aliphatic heterocycles. The van der Waals surface area contributed by atoms with Crippen LogP contribution in [0.25, 0.3) is 10.9 Å². The fourth-order valence-electron chi connectivity index (χ4n) is 3.17. The van der Waals surface area contributed by atoms with E-state index in [1.54, 1.807) is 30.6 Å². The van der Waals surface area contributed by atoms with E-state index in [1.165, 1.54) is 6.07 Å². The Morgan fingerprint density at radius 2 is 1.81 bits per heavy atom. The summed E-state index contributed by atoms with van der Waals surface area (Å²) in [7, 11) is 0. The molecule has 1 unspecified atom stereocenters. The van der Waals surface area contributed by atoms with Crippen LogP contribution in [0.4, 0.5) is 5.95 Å². The molecule has 6 nitrogen and oxygen atoms in total. The van der Waals surface area contributed by atoms with Crippen LogP contribution in [0.15, 0.2) is 61.1 Å². The Morgan fingerprint density at radius 3 is 2.58 bits per heavy atom. The predicted molar refractivity (Wildman–Crippen MR) is 100 cm³/mol. The molecule has 26 heavy (non-hydrogen) atoms. The van der Waals surface area contributed by atoms with Gasteiger partial charge in [0.25, 0.3) is 0 Å². The standard InChI is InChI=1S/C20H18N4O2/c1-12-4-2-5-14-16(11-23-18(12)14)19(24-20-21-8-3-9-22-20)15-7-6-13(25)10-17(15)26/h2-11,19,23,25-26H,1H3,(H,21,22,24). The highest BCUT2D eigenvalue weighted by atomic mass is 16.3. The fraction of sp³-hybridized carbons (Fsp3) is 0.100. The predicted octanol–water partition coefficient (Wildman–Crippen LogP) is 3.88. The normalized spacial score (nSPS) is 12.2. The van der Waals surface area contributed by atoms with E-state index in [0.717, 1.165) is 22.0 Å². The number of anilines is 1. The molecule has 1 atom stereocenters. The van der Waals surface area contributed by atoms with E-state index in [9.17, 15) is 10.2 Å². The van der Waals surface area contributed by atoms with Gasteiger partial charge in [-0.1, -0.05) is 18.2 Å². The monoisotopic (exact) mass is 346 g/mol. The zero-order valence-corrected chi connectivity index (χ0v) is 14.1. The molecule has 130 valence electrons. The summed E-state index contributed by atoms with van der Waals surface area (Å²) in [5, 5.41) is 24.4. The number of phenols is 2. The number of para-hydroxylation sites is 1. The van der Waals surface area contributed by atoms with Crippen molar-refractivity contribution in [1.82, 2.24) is 15.0 Å². The first-order valence-corrected chi connectivity index (χ1v) is 8.25. The average Bonchev–Trinajstić information content (AvgIpc) is 3.06. The summed E-state index contributed by atoms with van der Waals surface area (Å²) in [5.74, 6) is 0.461. The fourth-order valence-corrected chi connectivity index (χ4v) is 3.17. The molecule has 0 spiro atoms. The summed E-state index contributed by atoms with van der Waals surface area (Å²) in [6, 6.07) is 12.0. The van der Waals surface area contributed by atoms with Crippen molar-refractivity contribution in [3.63, 3.8) is 0 Å². The van der Waals surface area contributed by atoms with Crippen molar-refractivity contribution in [2.45, 2.75) is 13.0 Å². The molecule has 4 rings (SSSR count). The molecule has 0 radical (unpaired) electrons. The molecule has 0 saturated heterocycles. The molecule has 2 aromatic heterocycles. The maximum atomic E-state index is 10.4. The van der Waals surface area contributed by atoms with Crippen molar-refractivity contribution < 1.29 is 10.2 Å². The number of aromatic hydroxyl groups is 2. The number of aromatic nitrogens is 3. The second-order valence-corrected chi connectivity index (χ2v) is 6.13. The Bertz CT molecular complexity index is 1060. The zero-order valence-electron chi connectivity index (χ0n) is 14.1. The first-order valence-electron chi connectivity index (χ1n) is 8.25. The van der Waals surface area contributed by atoms with Gasteiger partial charge in [-0.2, -0.15) is 0 Å². The molecular weight excluding hydrogens is 328 g/mol. The lowest BCUT2D eigenvalue weighted by molar-refractivity contribution is 0.445. The maximum Gasteiger partial charge on any atom is 0.223 e. The summed E-state index contributed by atoms with van der Waals surface area (Å²) in [4.78, 5) is 11.8. The van der Waals surface area contributed by atoms with E-state index >= 15 is 0 Å². The van der Waals surface area contributed by atoms with E-state index < -0.39 is 6.04 Å². The Labute approximate surface area is 150 Å². The second-order valence-electron chi connectivity index (χ2n) is 6.13. The smallest absolute Gasteiger partial charge is 0.223 e. The maximum absolute atomic E-state index is 10.4. The van der Waals surface area contributed by atoms with Gasteiger partial charge in [-0.15, -0.1) is 0 Å². The summed E-state index contributed by atoms with van der Waals surface area (Å²) >= 11 is 0. The molecular formula is C20H18N4O2. The number of hydrogen-bond acceptors (Lipinski definition) is 5. The lowest BCUT2D eigenvalue weighted by atomic mass is 9.96. The quantitative estimate of drug-likeness (QED) is 0.450. The Balaban J connectivity index is 1.88. The van der Waals surface area contributed by atoms with Crippen LogP contribution in [-0.4, -0.2) is 25.2 Å². The van der Waals surface area contributed by atoms with E-state index in [-0.39, 0.29) is 11.5 Å². The Hall–Kier alpha value is -3.54. The van der Waals surface area contributed by atoms with Crippen LogP contribution < -0.4 is 5.32 Å². The second kappa shape index (κ2) is 6.40. The van der Waals surface area contributed by atoms with E-state index in [1.807, 2.05) is 31.3 Å². The molecule has 0 saturated carbocycles. The van der Waals surface area contributed by atoms with Crippen molar-refractivity contribution in [3.05, 3.63) is 77.7 Å². The van der Waals surface area contributed by atoms with Gasteiger partial charge in [0.15, 0.2) is 0 Å². The first-order chi connectivity index (χ1) is 12.6. The van der Waals surface area contributed by atoms with Crippen LogP contribution in [-0.2, 0) is 0 Å². The van der Waals surface area contributed by atoms with Crippen molar-refractivity contribution in [2.24, 2.45) is 0 Å². The highest BCUT2D eigenvalue weighted by Crippen LogP contribution is 2.37. The average molecular weight is 346 g/mol. The molecule has 2 heterocycles. The number of aryl methyl sites for hydroxylation is 1. The van der Waals surface area contributed by atoms with Gasteiger partial charge in [-0.05, 0) is 30.7 Å². The molecule has 0 amide bonds. The highest BCUT2D eigenvalue weighted by molar-refractivity contribution is 5.87. The topological polar surface area (TPSA) is 94.1 Å². The van der Waals surface area contributed by atoms with Gasteiger partial charge in [-0.25, -0.2) is 9.97 Å². The van der Waals surface area contributed by atoms with Gasteiger partial charge < -0.3 is 20.5 Å². The largest absolute Gasteiger partial charge is 0.508 e. The number of benzene rings is 2. The minimum atomic E-state index is -0.395. The summed E-state index contributed by atoms with van der Waals surface area (Å²) in [6.45, 7) is 2.05. The summed E-state index contributed by atoms with van der Waals surface area (Å²) < 4.78 is 0. The third kappa shape index (κ3) is 2.82. The van der Waals surface area contributed by atoms with Crippen molar-refractivity contribution in [3.8, 4) is 11.5 Å². The zero-order chi connectivity index (χ0) is 18.1. The SMILES string of the molecule is Cc1cccc2c(C(Nc3ncccn3)c3ccc(O)cc3O)c[nH]c12. The number of aromatic amines is 1. The Morgan fingerprint density at radius 1 is 1.00 bits per heavy atom. The van der Waals surface area contributed by atoms with Gasteiger partial charge in [-0.3, -0.25) is 0 Å². The van der Waals surface area contributed by atoms with Crippen molar-refractivity contribution >= 4 is 16.9 Å². The van der Waals surface area contributed by atoms with Gasteiger partial charge in [0.1, 0.15) is 11.5 Å². The lowest BCUT2D eigenvalue weighted by Gasteiger charge is -2.20. The highest BCUT2D eigenvalue weighted by Gasteiger charge is 2.22. The van der Waals surface area contributed by atoms with Crippen molar-refractivity contribution in [2.75, 3.05) is 5.32 Å². The summed E-state index contributed by atoms with van der Waals surface area (Å²) in [5.41, 5.74) is 3.76. The van der Waals surface area contributed by atoms with Crippen molar-refractivity contribution in [1.29, 1.82) is 0 Å². The van der Waals surface area contributed by atoms with Crippen LogP contribution in [0.3, 0.4) is 0 Å². The van der Waals surface area contributed by atoms with Crippen LogP contribution >= 0.6 is 0 Å². The van der Waals surface area contributed by atoms with Crippen LogP contribution in [0.5, 0.6) is 11.5 Å². The summed E-state index contributed by atoms with van der Waals surface area (Å²) in [6.07, 6.45) is 5.23. The third-order valence-electron chi connectivity index (χ3n) is 4.43. The number of phenolic OH excluding ortho intramolecular Hbond substituents is 2. The molecule has 6 heteroatoms. The molecule has 2 aromatic carbocycles. The van der Waals surface area contributed by atoms with Gasteiger partial charge in [0.2, 0.25) is 5.95 Å². The molecule has 4 N–H and O–H groups in total. The lowest BCUT2D eigenvalue weighted by Crippen LogP contribution is -2.14. The van der Waals surface area contributed by atoms with Crippen LogP contribution in [0, 0.1) is 6.92 Å². The van der Waals surface area contributed by atoms with Gasteiger partial charge in [0, 0.05) is 46.7 Å². The van der Waals surface area contributed by atoms with E-state index in [0.29, 0.717) is 11.5 Å². The van der Waals surface area contributed by atoms with E-state index in [2.05, 4.69) is 20.3 Å². The minimum Gasteiger partial charge on any atom is -0.508 e. The molecule has 4 aromatic rings.